The average molecular weight is 274 g/mol. The Labute approximate surface area is 122 Å². The van der Waals surface area contributed by atoms with Gasteiger partial charge in [0.1, 0.15) is 5.75 Å². The SMILES string of the molecule is COc1ccccc1CN(CC1CCNCC1)C1CC1. The Hall–Kier alpha value is -1.06. The molecule has 0 radical (unpaired) electrons. The molecule has 0 unspecified atom stereocenters. The van der Waals surface area contributed by atoms with Gasteiger partial charge in [0, 0.05) is 24.7 Å². The zero-order chi connectivity index (χ0) is 13.8. The maximum Gasteiger partial charge on any atom is 0.123 e. The smallest absolute Gasteiger partial charge is 0.123 e. The van der Waals surface area contributed by atoms with Gasteiger partial charge in [-0.25, -0.2) is 0 Å². The van der Waals surface area contributed by atoms with Crippen molar-refractivity contribution in [2.45, 2.75) is 38.3 Å². The standard InChI is InChI=1S/C17H26N2O/c1-20-17-5-3-2-4-15(17)13-19(16-6-7-16)12-14-8-10-18-11-9-14/h2-5,14,16,18H,6-13H2,1H3. The van der Waals surface area contributed by atoms with E-state index in [1.54, 1.807) is 7.11 Å². The van der Waals surface area contributed by atoms with Crippen molar-refractivity contribution in [3.05, 3.63) is 29.8 Å². The third-order valence-corrected chi connectivity index (χ3v) is 4.58. The minimum Gasteiger partial charge on any atom is -0.496 e. The van der Waals surface area contributed by atoms with Crippen molar-refractivity contribution in [3.8, 4) is 5.75 Å². The van der Waals surface area contributed by atoms with E-state index in [4.69, 9.17) is 4.74 Å². The maximum atomic E-state index is 5.50. The molecule has 1 heterocycles. The number of hydrogen-bond acceptors (Lipinski definition) is 3. The summed E-state index contributed by atoms with van der Waals surface area (Å²) in [6.07, 6.45) is 5.41. The fourth-order valence-corrected chi connectivity index (χ4v) is 3.23. The first-order valence-electron chi connectivity index (χ1n) is 7.93. The molecule has 1 N–H and O–H groups in total. The van der Waals surface area contributed by atoms with Gasteiger partial charge in [-0.3, -0.25) is 4.90 Å². The fourth-order valence-electron chi connectivity index (χ4n) is 3.23. The van der Waals surface area contributed by atoms with Gasteiger partial charge in [0.05, 0.1) is 7.11 Å². The molecule has 0 atom stereocenters. The molecule has 0 spiro atoms. The maximum absolute atomic E-state index is 5.50. The molecule has 1 aliphatic heterocycles. The summed E-state index contributed by atoms with van der Waals surface area (Å²) in [5.41, 5.74) is 1.33. The molecule has 0 aromatic heterocycles. The summed E-state index contributed by atoms with van der Waals surface area (Å²) in [6.45, 7) is 4.68. The van der Waals surface area contributed by atoms with E-state index >= 15 is 0 Å². The second-order valence-corrected chi connectivity index (χ2v) is 6.17. The van der Waals surface area contributed by atoms with Crippen LogP contribution in [0.1, 0.15) is 31.2 Å². The van der Waals surface area contributed by atoms with Gasteiger partial charge in [-0.2, -0.15) is 0 Å². The molecular weight excluding hydrogens is 248 g/mol. The number of methoxy groups -OCH3 is 1. The molecule has 3 heteroatoms. The lowest BCUT2D eigenvalue weighted by molar-refractivity contribution is 0.188. The first-order chi connectivity index (χ1) is 9.86. The molecule has 2 fully saturated rings. The number of piperidine rings is 1. The van der Waals surface area contributed by atoms with Crippen molar-refractivity contribution in [2.24, 2.45) is 5.92 Å². The second kappa shape index (κ2) is 6.59. The van der Waals surface area contributed by atoms with Gasteiger partial charge in [-0.05, 0) is 50.8 Å². The van der Waals surface area contributed by atoms with Crippen LogP contribution < -0.4 is 10.1 Å². The Morgan fingerprint density at radius 3 is 2.60 bits per heavy atom. The van der Waals surface area contributed by atoms with Crippen LogP contribution in [0.2, 0.25) is 0 Å². The number of ether oxygens (including phenoxy) is 1. The van der Waals surface area contributed by atoms with E-state index in [1.807, 2.05) is 0 Å². The molecule has 3 nitrogen and oxygen atoms in total. The molecule has 1 saturated carbocycles. The number of rotatable bonds is 6. The van der Waals surface area contributed by atoms with Gasteiger partial charge >= 0.3 is 0 Å². The van der Waals surface area contributed by atoms with Crippen molar-refractivity contribution in [2.75, 3.05) is 26.7 Å². The molecule has 0 bridgehead atoms. The highest BCUT2D eigenvalue weighted by atomic mass is 16.5. The summed E-state index contributed by atoms with van der Waals surface area (Å²) in [7, 11) is 1.77. The molecule has 1 aliphatic carbocycles. The van der Waals surface area contributed by atoms with Crippen molar-refractivity contribution in [3.63, 3.8) is 0 Å². The zero-order valence-corrected chi connectivity index (χ0v) is 12.5. The lowest BCUT2D eigenvalue weighted by atomic mass is 9.97. The van der Waals surface area contributed by atoms with Crippen LogP contribution in [0.3, 0.4) is 0 Å². The van der Waals surface area contributed by atoms with Gasteiger partial charge < -0.3 is 10.1 Å². The van der Waals surface area contributed by atoms with Crippen LogP contribution in [0, 0.1) is 5.92 Å². The fraction of sp³-hybridized carbons (Fsp3) is 0.647. The first kappa shape index (κ1) is 13.9. The van der Waals surface area contributed by atoms with Crippen molar-refractivity contribution < 1.29 is 4.74 Å². The normalized spacial score (nSPS) is 20.3. The van der Waals surface area contributed by atoms with E-state index < -0.39 is 0 Å². The zero-order valence-electron chi connectivity index (χ0n) is 12.5. The summed E-state index contributed by atoms with van der Waals surface area (Å²) in [5.74, 6) is 1.90. The topological polar surface area (TPSA) is 24.5 Å². The van der Waals surface area contributed by atoms with Gasteiger partial charge in [-0.1, -0.05) is 18.2 Å². The van der Waals surface area contributed by atoms with Crippen molar-refractivity contribution in [1.29, 1.82) is 0 Å². The Morgan fingerprint density at radius 2 is 1.90 bits per heavy atom. The largest absolute Gasteiger partial charge is 0.496 e. The van der Waals surface area contributed by atoms with E-state index in [0.29, 0.717) is 0 Å². The Morgan fingerprint density at radius 1 is 1.15 bits per heavy atom. The van der Waals surface area contributed by atoms with Gasteiger partial charge in [0.2, 0.25) is 0 Å². The average Bonchev–Trinajstić information content (AvgIpc) is 3.33. The van der Waals surface area contributed by atoms with Crippen molar-refractivity contribution in [1.82, 2.24) is 10.2 Å². The summed E-state index contributed by atoms with van der Waals surface area (Å²) in [6, 6.07) is 9.26. The molecule has 1 saturated heterocycles. The number of nitrogens with zero attached hydrogens (tertiary/aromatic N) is 1. The highest BCUT2D eigenvalue weighted by Crippen LogP contribution is 2.32. The second-order valence-electron chi connectivity index (χ2n) is 6.17. The Kier molecular flexibility index (Phi) is 4.58. The minimum atomic E-state index is 0.815. The summed E-state index contributed by atoms with van der Waals surface area (Å²) in [4.78, 5) is 2.69. The number of nitrogens with one attached hydrogen (secondary N) is 1. The molecule has 3 rings (SSSR count). The predicted octanol–water partition coefficient (Wildman–Crippen LogP) is 2.66. The molecule has 1 aromatic rings. The number of hydrogen-bond donors (Lipinski definition) is 1. The van der Waals surface area contributed by atoms with Crippen LogP contribution in [0.5, 0.6) is 5.75 Å². The molecule has 0 amide bonds. The first-order valence-corrected chi connectivity index (χ1v) is 7.93. The molecule has 1 aromatic carbocycles. The molecule has 110 valence electrons. The van der Waals surface area contributed by atoms with Crippen LogP contribution in [-0.2, 0) is 6.54 Å². The van der Waals surface area contributed by atoms with E-state index in [1.165, 1.54) is 50.9 Å². The Balaban J connectivity index is 1.64. The van der Waals surface area contributed by atoms with Crippen molar-refractivity contribution >= 4 is 0 Å². The summed E-state index contributed by atoms with van der Waals surface area (Å²) < 4.78 is 5.50. The summed E-state index contributed by atoms with van der Waals surface area (Å²) in [5, 5.41) is 3.46. The number of para-hydroxylation sites is 1. The van der Waals surface area contributed by atoms with Gasteiger partial charge in [0.15, 0.2) is 0 Å². The highest BCUT2D eigenvalue weighted by molar-refractivity contribution is 5.33. The van der Waals surface area contributed by atoms with Gasteiger partial charge in [-0.15, -0.1) is 0 Å². The Bertz CT molecular complexity index is 425. The minimum absolute atomic E-state index is 0.815. The third kappa shape index (κ3) is 3.53. The van der Waals surface area contributed by atoms with E-state index in [2.05, 4.69) is 34.5 Å². The van der Waals surface area contributed by atoms with E-state index in [0.717, 1.165) is 24.3 Å². The highest BCUT2D eigenvalue weighted by Gasteiger charge is 2.31. The van der Waals surface area contributed by atoms with Crippen LogP contribution in [0.4, 0.5) is 0 Å². The van der Waals surface area contributed by atoms with E-state index in [9.17, 15) is 0 Å². The molecule has 2 aliphatic rings. The van der Waals surface area contributed by atoms with Gasteiger partial charge in [0.25, 0.3) is 0 Å². The molecular formula is C17H26N2O. The monoisotopic (exact) mass is 274 g/mol. The summed E-state index contributed by atoms with van der Waals surface area (Å²) >= 11 is 0. The quantitative estimate of drug-likeness (QED) is 0.863. The lowest BCUT2D eigenvalue weighted by Crippen LogP contribution is -2.37. The van der Waals surface area contributed by atoms with Crippen LogP contribution in [-0.4, -0.2) is 37.7 Å². The van der Waals surface area contributed by atoms with Crippen LogP contribution >= 0.6 is 0 Å². The van der Waals surface area contributed by atoms with Crippen LogP contribution in [0.15, 0.2) is 24.3 Å². The van der Waals surface area contributed by atoms with Crippen LogP contribution in [0.25, 0.3) is 0 Å². The number of benzene rings is 1. The predicted molar refractivity (Wildman–Crippen MR) is 82.0 cm³/mol. The third-order valence-electron chi connectivity index (χ3n) is 4.58. The van der Waals surface area contributed by atoms with E-state index in [-0.39, 0.29) is 0 Å². The molecule has 20 heavy (non-hydrogen) atoms. The lowest BCUT2D eigenvalue weighted by Gasteiger charge is -2.30.